The van der Waals surface area contributed by atoms with Gasteiger partial charge in [0.05, 0.1) is 24.1 Å². The molecule has 6 nitrogen and oxygen atoms in total. The summed E-state index contributed by atoms with van der Waals surface area (Å²) in [6, 6.07) is 10.9. The van der Waals surface area contributed by atoms with E-state index in [1.807, 2.05) is 0 Å². The predicted octanol–water partition coefficient (Wildman–Crippen LogP) is 0.950. The van der Waals surface area contributed by atoms with Crippen LogP contribution < -0.4 is 10.1 Å². The highest BCUT2D eigenvalue weighted by Crippen LogP contribution is 2.29. The highest BCUT2D eigenvalue weighted by molar-refractivity contribution is 6.38. The summed E-state index contributed by atoms with van der Waals surface area (Å²) in [7, 11) is 4.83. The maximum Gasteiger partial charge on any atom is 0.259 e. The topological polar surface area (TPSA) is 76.4 Å². The van der Waals surface area contributed by atoms with Crippen LogP contribution in [0.3, 0.4) is 0 Å². The number of ether oxygens (including phenoxy) is 1. The van der Waals surface area contributed by atoms with Gasteiger partial charge in [0.15, 0.2) is 0 Å². The lowest BCUT2D eigenvalue weighted by molar-refractivity contribution is 0.102. The minimum atomic E-state index is -1.07. The van der Waals surface area contributed by atoms with E-state index in [0.29, 0.717) is 33.9 Å². The van der Waals surface area contributed by atoms with E-state index in [1.54, 1.807) is 59.1 Å². The van der Waals surface area contributed by atoms with E-state index in [-0.39, 0.29) is 11.7 Å². The van der Waals surface area contributed by atoms with Gasteiger partial charge in [-0.3, -0.25) is 4.79 Å². The largest absolute Gasteiger partial charge is 0.496 e. The third-order valence-corrected chi connectivity index (χ3v) is 4.35. The van der Waals surface area contributed by atoms with E-state index >= 15 is 0 Å². The molecule has 0 spiro atoms. The molecule has 1 heterocycles. The van der Waals surface area contributed by atoms with Gasteiger partial charge in [0.2, 0.25) is 0 Å². The lowest BCUT2D eigenvalue weighted by atomic mass is 9.61. The van der Waals surface area contributed by atoms with Crippen LogP contribution >= 0.6 is 0 Å². The molecule has 0 unspecified atom stereocenters. The summed E-state index contributed by atoms with van der Waals surface area (Å²) in [6.07, 6.45) is 1.60. The molecule has 3 rings (SSSR count). The molecular weight excluding hydrogens is 359 g/mol. The van der Waals surface area contributed by atoms with Gasteiger partial charge in [0.1, 0.15) is 27.3 Å². The van der Waals surface area contributed by atoms with Crippen molar-refractivity contribution in [1.29, 1.82) is 0 Å². The number of carbonyl (C=O) groups excluding carboxylic acids is 1. The second kappa shape index (κ2) is 7.52. The minimum Gasteiger partial charge on any atom is -0.496 e. The summed E-state index contributed by atoms with van der Waals surface area (Å²) < 4.78 is 20.0. The van der Waals surface area contributed by atoms with Crippen LogP contribution in [0, 0.1) is 12.7 Å². The molecule has 28 heavy (non-hydrogen) atoms. The summed E-state index contributed by atoms with van der Waals surface area (Å²) >= 11 is 0. The average Bonchev–Trinajstić information content (AvgIpc) is 3.03. The number of amides is 1. The van der Waals surface area contributed by atoms with Crippen LogP contribution in [-0.4, -0.2) is 43.6 Å². The molecule has 2 N–H and O–H groups in total. The molecule has 2 aromatic carbocycles. The first-order valence-corrected chi connectivity index (χ1v) is 8.73. The van der Waals surface area contributed by atoms with Gasteiger partial charge in [0, 0.05) is 28.9 Å². The zero-order valence-electron chi connectivity index (χ0n) is 16.2. The normalized spacial score (nSPS) is 11.3. The quantitative estimate of drug-likeness (QED) is 0.648. The zero-order chi connectivity index (χ0) is 20.5. The highest BCUT2D eigenvalue weighted by atomic mass is 19.1. The third kappa shape index (κ3) is 4.09. The average molecular weight is 379 g/mol. The molecule has 0 saturated heterocycles. The van der Waals surface area contributed by atoms with Crippen molar-refractivity contribution in [1.82, 2.24) is 9.78 Å². The van der Waals surface area contributed by atoms with Crippen molar-refractivity contribution in [3.05, 3.63) is 71.3 Å². The number of halogens is 1. The Labute approximate surface area is 164 Å². The molecule has 0 fully saturated rings. The van der Waals surface area contributed by atoms with Crippen LogP contribution in [0.2, 0.25) is 0 Å². The number of rotatable bonds is 5. The number of anilines is 1. The standard InChI is InChI=1S/C19H20B2FN3O3/c1-11-15(10-25(24-11)14-6-3-12(22)4-7-14)18(26)23-13-5-8-16(19(20,21)27)17(9-13)28-2/h3-10,27H,20-21H2,1-2H3,(H,23,26). The maximum absolute atomic E-state index is 13.1. The van der Waals surface area contributed by atoms with Crippen molar-refractivity contribution in [2.45, 2.75) is 12.3 Å². The number of aromatic nitrogens is 2. The monoisotopic (exact) mass is 379 g/mol. The number of aliphatic hydroxyl groups is 1. The highest BCUT2D eigenvalue weighted by Gasteiger charge is 2.22. The van der Waals surface area contributed by atoms with Gasteiger partial charge in [-0.2, -0.15) is 5.10 Å². The number of hydrogen-bond acceptors (Lipinski definition) is 4. The summed E-state index contributed by atoms with van der Waals surface area (Å²) in [5, 5.41) is 16.3. The van der Waals surface area contributed by atoms with Crippen LogP contribution in [0.1, 0.15) is 21.6 Å². The molecular formula is C19H20B2FN3O3. The molecule has 0 saturated carbocycles. The lowest BCUT2D eigenvalue weighted by Gasteiger charge is -2.21. The first kappa shape index (κ1) is 19.7. The van der Waals surface area contributed by atoms with Crippen molar-refractivity contribution in [3.8, 4) is 11.4 Å². The van der Waals surface area contributed by atoms with Crippen LogP contribution in [0.25, 0.3) is 5.69 Å². The number of aryl methyl sites for hydroxylation is 1. The van der Waals surface area contributed by atoms with Gasteiger partial charge in [-0.1, -0.05) is 6.07 Å². The second-order valence-electron chi connectivity index (χ2n) is 6.98. The van der Waals surface area contributed by atoms with Crippen molar-refractivity contribution >= 4 is 27.3 Å². The Morgan fingerprint density at radius 3 is 2.54 bits per heavy atom. The van der Waals surface area contributed by atoms with E-state index < -0.39 is 5.40 Å². The minimum absolute atomic E-state index is 0.330. The van der Waals surface area contributed by atoms with Gasteiger partial charge < -0.3 is 15.2 Å². The first-order chi connectivity index (χ1) is 13.2. The molecule has 0 aliphatic rings. The predicted molar refractivity (Wildman–Crippen MR) is 110 cm³/mol. The fraction of sp³-hybridized carbons (Fsp3) is 0.158. The molecule has 142 valence electrons. The number of hydrogen-bond donors (Lipinski definition) is 2. The van der Waals surface area contributed by atoms with Crippen molar-refractivity contribution < 1.29 is 19.0 Å². The summed E-state index contributed by atoms with van der Waals surface area (Å²) in [5.41, 5.74) is 2.74. The lowest BCUT2D eigenvalue weighted by Crippen LogP contribution is -2.26. The van der Waals surface area contributed by atoms with E-state index in [1.165, 1.54) is 23.9 Å². The molecule has 9 heteroatoms. The van der Waals surface area contributed by atoms with Gasteiger partial charge >= 0.3 is 0 Å². The van der Waals surface area contributed by atoms with E-state index in [9.17, 15) is 14.3 Å². The Balaban J connectivity index is 1.85. The molecule has 1 amide bonds. The zero-order valence-corrected chi connectivity index (χ0v) is 16.2. The van der Waals surface area contributed by atoms with Gasteiger partial charge in [-0.05, 0) is 37.3 Å². The maximum atomic E-state index is 13.1. The van der Waals surface area contributed by atoms with Crippen LogP contribution in [0.15, 0.2) is 48.7 Å². The SMILES string of the molecule is BC(B)(O)c1ccc(NC(=O)c2cn(-c3ccc(F)cc3)nc2C)cc1OC. The van der Waals surface area contributed by atoms with Crippen LogP contribution in [0.5, 0.6) is 5.75 Å². The Morgan fingerprint density at radius 2 is 1.93 bits per heavy atom. The fourth-order valence-corrected chi connectivity index (χ4v) is 2.88. The second-order valence-corrected chi connectivity index (χ2v) is 6.98. The molecule has 0 bridgehead atoms. The summed E-state index contributed by atoms with van der Waals surface area (Å²) in [4.78, 5) is 12.7. The molecule has 0 aliphatic carbocycles. The number of carbonyl (C=O) groups is 1. The third-order valence-electron chi connectivity index (χ3n) is 4.35. The van der Waals surface area contributed by atoms with Crippen LogP contribution in [0.4, 0.5) is 10.1 Å². The molecule has 0 radical (unpaired) electrons. The molecule has 3 aromatic rings. The van der Waals surface area contributed by atoms with E-state index in [4.69, 9.17) is 4.74 Å². The molecule has 1 aromatic heterocycles. The molecule has 0 atom stereocenters. The Hall–Kier alpha value is -3.06. The Kier molecular flexibility index (Phi) is 5.29. The number of benzene rings is 2. The van der Waals surface area contributed by atoms with Crippen molar-refractivity contribution in [2.75, 3.05) is 12.4 Å². The summed E-state index contributed by atoms with van der Waals surface area (Å²) in [5.74, 6) is -0.193. The van der Waals surface area contributed by atoms with E-state index in [0.717, 1.165) is 0 Å². The fourth-order valence-electron chi connectivity index (χ4n) is 2.88. The molecule has 0 aliphatic heterocycles. The van der Waals surface area contributed by atoms with Crippen molar-refractivity contribution in [3.63, 3.8) is 0 Å². The van der Waals surface area contributed by atoms with Crippen molar-refractivity contribution in [2.24, 2.45) is 0 Å². The van der Waals surface area contributed by atoms with E-state index in [2.05, 4.69) is 10.4 Å². The smallest absolute Gasteiger partial charge is 0.259 e. The first-order valence-electron chi connectivity index (χ1n) is 8.73. The number of nitrogens with zero attached hydrogens (tertiary/aromatic N) is 2. The van der Waals surface area contributed by atoms with Crippen LogP contribution in [-0.2, 0) is 5.40 Å². The number of methoxy groups -OCH3 is 1. The van der Waals surface area contributed by atoms with Gasteiger partial charge in [0.25, 0.3) is 5.91 Å². The Bertz CT molecular complexity index is 1010. The Morgan fingerprint density at radius 1 is 1.25 bits per heavy atom. The number of nitrogens with one attached hydrogen (secondary N) is 1. The van der Waals surface area contributed by atoms with Gasteiger partial charge in [-0.25, -0.2) is 9.07 Å². The summed E-state index contributed by atoms with van der Waals surface area (Å²) in [6.45, 7) is 1.73. The van der Waals surface area contributed by atoms with Gasteiger partial charge in [-0.15, -0.1) is 0 Å².